The number of rotatable bonds is 4. The molecule has 15 heteroatoms. The number of carbonyl (C=O) groups is 3. The molecule has 3 amide bonds. The van der Waals surface area contributed by atoms with Gasteiger partial charge in [0.2, 0.25) is 0 Å². The highest BCUT2D eigenvalue weighted by Crippen LogP contribution is 2.31. The lowest BCUT2D eigenvalue weighted by Crippen LogP contribution is -2.42. The van der Waals surface area contributed by atoms with Crippen LogP contribution in [-0.4, -0.2) is 39.8 Å². The van der Waals surface area contributed by atoms with E-state index in [4.69, 9.17) is 11.6 Å². The Morgan fingerprint density at radius 2 is 1.86 bits per heavy atom. The summed E-state index contributed by atoms with van der Waals surface area (Å²) >= 11 is 8.00. The van der Waals surface area contributed by atoms with Crippen LogP contribution in [0.2, 0.25) is 5.02 Å². The van der Waals surface area contributed by atoms with E-state index in [1.54, 1.807) is 13.0 Å². The van der Waals surface area contributed by atoms with Crippen molar-refractivity contribution in [2.24, 2.45) is 0 Å². The van der Waals surface area contributed by atoms with Gasteiger partial charge in [0.05, 0.1) is 23.4 Å². The van der Waals surface area contributed by atoms with E-state index >= 15 is 0 Å². The lowest BCUT2D eigenvalue weighted by molar-refractivity contribution is -0.141. The second-order valence-electron chi connectivity index (χ2n) is 6.80. The van der Waals surface area contributed by atoms with E-state index in [9.17, 15) is 27.6 Å². The Balaban J connectivity index is 2.04. The molecule has 2 aromatic heterocycles. The molecule has 1 aromatic carbocycles. The fraction of sp³-hybridized carbons (Fsp3) is 0.150. The smallest absolute Gasteiger partial charge is 0.435 e. The van der Waals surface area contributed by atoms with Crippen LogP contribution in [0.25, 0.3) is 5.82 Å². The van der Waals surface area contributed by atoms with Crippen molar-refractivity contribution in [2.45, 2.75) is 13.1 Å². The number of pyridine rings is 1. The van der Waals surface area contributed by atoms with Gasteiger partial charge in [-0.2, -0.15) is 18.3 Å². The summed E-state index contributed by atoms with van der Waals surface area (Å²) in [6.45, 7) is 1.58. The molecule has 0 aliphatic heterocycles. The van der Waals surface area contributed by atoms with Gasteiger partial charge in [-0.3, -0.25) is 15.0 Å². The van der Waals surface area contributed by atoms with Gasteiger partial charge in [0.25, 0.3) is 11.8 Å². The summed E-state index contributed by atoms with van der Waals surface area (Å²) in [5.41, 5.74) is 2.58. The zero-order valence-corrected chi connectivity index (χ0v) is 20.7. The van der Waals surface area contributed by atoms with Gasteiger partial charge < -0.3 is 10.1 Å². The van der Waals surface area contributed by atoms with Crippen LogP contribution in [0, 0.1) is 10.5 Å². The second kappa shape index (κ2) is 10.5. The molecule has 0 saturated carbocycles. The maximum absolute atomic E-state index is 13.4. The van der Waals surface area contributed by atoms with E-state index in [0.29, 0.717) is 19.9 Å². The van der Waals surface area contributed by atoms with Crippen molar-refractivity contribution >= 4 is 57.8 Å². The van der Waals surface area contributed by atoms with E-state index in [-0.39, 0.29) is 22.1 Å². The lowest BCUT2D eigenvalue weighted by atomic mass is 10.1. The van der Waals surface area contributed by atoms with Crippen molar-refractivity contribution in [1.29, 1.82) is 0 Å². The third kappa shape index (κ3) is 6.00. The van der Waals surface area contributed by atoms with Crippen molar-refractivity contribution in [3.63, 3.8) is 0 Å². The summed E-state index contributed by atoms with van der Waals surface area (Å²) in [7, 11) is 1.09. The van der Waals surface area contributed by atoms with Crippen LogP contribution in [0.4, 0.5) is 23.7 Å². The molecular weight excluding hydrogens is 608 g/mol. The summed E-state index contributed by atoms with van der Waals surface area (Å²) in [6.07, 6.45) is -4.52. The third-order valence-electron chi connectivity index (χ3n) is 4.42. The average molecular weight is 623 g/mol. The number of aromatic nitrogens is 3. The minimum Gasteiger partial charge on any atom is -0.452 e. The number of halogens is 5. The minimum absolute atomic E-state index is 0.00647. The molecule has 0 aliphatic carbocycles. The molecule has 3 rings (SSSR count). The predicted molar refractivity (Wildman–Crippen MR) is 126 cm³/mol. The lowest BCUT2D eigenvalue weighted by Gasteiger charge is -2.15. The van der Waals surface area contributed by atoms with Crippen molar-refractivity contribution in [3.8, 4) is 5.82 Å². The third-order valence-corrected chi connectivity index (χ3v) is 5.34. The van der Waals surface area contributed by atoms with Crippen LogP contribution in [-0.2, 0) is 10.9 Å². The molecule has 0 unspecified atom stereocenters. The molecule has 184 valence electrons. The van der Waals surface area contributed by atoms with Gasteiger partial charge in [-0.25, -0.2) is 19.9 Å². The van der Waals surface area contributed by atoms with Gasteiger partial charge >= 0.3 is 12.3 Å². The quantitative estimate of drug-likeness (QED) is 0.297. The highest BCUT2D eigenvalue weighted by molar-refractivity contribution is 14.1. The molecule has 0 bridgehead atoms. The van der Waals surface area contributed by atoms with Crippen LogP contribution in [0.5, 0.6) is 0 Å². The Labute approximate surface area is 214 Å². The number of ether oxygens (including phenoxy) is 1. The number of anilines is 1. The Hall–Kier alpha value is -3.40. The number of aryl methyl sites for hydroxylation is 1. The van der Waals surface area contributed by atoms with Crippen molar-refractivity contribution < 1.29 is 32.3 Å². The SMILES string of the molecule is COC(=O)NNC(=O)c1cc(I)cc(C)c1NC(=O)c1cc(C(F)(F)F)nn1-c1ncccc1Cl. The number of hydrazine groups is 1. The summed E-state index contributed by atoms with van der Waals surface area (Å²) in [5.74, 6) is -2.03. The first-order chi connectivity index (χ1) is 16.4. The number of hydrogen-bond donors (Lipinski definition) is 3. The normalized spacial score (nSPS) is 11.1. The summed E-state index contributed by atoms with van der Waals surface area (Å²) < 4.78 is 45.8. The molecule has 0 saturated heterocycles. The fourth-order valence-electron chi connectivity index (χ4n) is 2.87. The summed E-state index contributed by atoms with van der Waals surface area (Å²) in [5, 5.41) is 5.88. The molecule has 10 nitrogen and oxygen atoms in total. The van der Waals surface area contributed by atoms with Crippen LogP contribution in [0.3, 0.4) is 0 Å². The van der Waals surface area contributed by atoms with Gasteiger partial charge in [-0.05, 0) is 59.3 Å². The predicted octanol–water partition coefficient (Wildman–Crippen LogP) is 4.11. The maximum atomic E-state index is 13.4. The van der Waals surface area contributed by atoms with Gasteiger partial charge in [-0.1, -0.05) is 11.6 Å². The molecule has 0 fully saturated rings. The van der Waals surface area contributed by atoms with E-state index in [1.165, 1.54) is 24.4 Å². The molecule has 0 aliphatic rings. The fourth-order valence-corrected chi connectivity index (χ4v) is 3.85. The van der Waals surface area contributed by atoms with E-state index < -0.39 is 35.5 Å². The van der Waals surface area contributed by atoms with E-state index in [0.717, 1.165) is 7.11 Å². The maximum Gasteiger partial charge on any atom is 0.435 e. The Bertz CT molecular complexity index is 1310. The first kappa shape index (κ1) is 26.2. The number of hydrogen-bond acceptors (Lipinski definition) is 6. The van der Waals surface area contributed by atoms with Crippen molar-refractivity contribution in [1.82, 2.24) is 25.6 Å². The van der Waals surface area contributed by atoms with E-state index in [1.807, 2.05) is 28.0 Å². The first-order valence-corrected chi connectivity index (χ1v) is 10.9. The molecule has 3 N–H and O–H groups in total. The average Bonchev–Trinajstić information content (AvgIpc) is 3.25. The minimum atomic E-state index is -4.86. The standard InChI is InChI=1S/C20H15ClF3IN6O4/c1-9-6-10(25)7-11(17(32)28-29-19(34)35-2)15(9)27-18(33)13-8-14(20(22,23)24)30-31(13)16-12(21)4-3-5-26-16/h3-8H,1-2H3,(H,27,33)(H,28,32)(H,29,34). The number of alkyl halides is 3. The Kier molecular flexibility index (Phi) is 7.84. The number of nitrogens with zero attached hydrogens (tertiary/aromatic N) is 3. The van der Waals surface area contributed by atoms with Crippen LogP contribution < -0.4 is 16.2 Å². The van der Waals surface area contributed by atoms with Gasteiger partial charge in [0, 0.05) is 15.8 Å². The van der Waals surface area contributed by atoms with Crippen LogP contribution in [0.15, 0.2) is 36.5 Å². The highest BCUT2D eigenvalue weighted by Gasteiger charge is 2.37. The summed E-state index contributed by atoms with van der Waals surface area (Å²) in [6, 6.07) is 6.42. The van der Waals surface area contributed by atoms with Gasteiger partial charge in [0.1, 0.15) is 5.69 Å². The number of amides is 3. The van der Waals surface area contributed by atoms with E-state index in [2.05, 4.69) is 25.6 Å². The first-order valence-electron chi connectivity index (χ1n) is 9.46. The van der Waals surface area contributed by atoms with Gasteiger partial charge in [0.15, 0.2) is 11.5 Å². The number of carbonyl (C=O) groups excluding carboxylic acids is 3. The largest absolute Gasteiger partial charge is 0.452 e. The van der Waals surface area contributed by atoms with Crippen molar-refractivity contribution in [3.05, 3.63) is 67.6 Å². The van der Waals surface area contributed by atoms with Gasteiger partial charge in [-0.15, -0.1) is 0 Å². The van der Waals surface area contributed by atoms with Crippen molar-refractivity contribution in [2.75, 3.05) is 12.4 Å². The second-order valence-corrected chi connectivity index (χ2v) is 8.46. The van der Waals surface area contributed by atoms with Crippen LogP contribution >= 0.6 is 34.2 Å². The zero-order chi connectivity index (χ0) is 25.9. The molecular formula is C20H15ClF3IN6O4. The van der Waals surface area contributed by atoms with Crippen LogP contribution in [0.1, 0.15) is 32.1 Å². The molecule has 3 aromatic rings. The molecule has 0 atom stereocenters. The number of benzene rings is 1. The summed E-state index contributed by atoms with van der Waals surface area (Å²) in [4.78, 5) is 41.0. The number of methoxy groups -OCH3 is 1. The monoisotopic (exact) mass is 622 g/mol. The highest BCUT2D eigenvalue weighted by atomic mass is 127. The Morgan fingerprint density at radius 1 is 1.14 bits per heavy atom. The Morgan fingerprint density at radius 3 is 2.49 bits per heavy atom. The molecule has 35 heavy (non-hydrogen) atoms. The number of nitrogens with one attached hydrogen (secondary N) is 3. The molecule has 2 heterocycles. The molecule has 0 spiro atoms. The zero-order valence-electron chi connectivity index (χ0n) is 17.8. The topological polar surface area (TPSA) is 127 Å². The molecule has 0 radical (unpaired) electrons.